The van der Waals surface area contributed by atoms with Crippen molar-refractivity contribution in [2.75, 3.05) is 5.73 Å². The summed E-state index contributed by atoms with van der Waals surface area (Å²) in [5.74, 6) is -0.166. The van der Waals surface area contributed by atoms with Gasteiger partial charge in [0.2, 0.25) is 0 Å². The zero-order chi connectivity index (χ0) is 12.3. The molecule has 0 atom stereocenters. The maximum atomic E-state index is 13.3. The average molecular weight is 253 g/mol. The molecule has 0 amide bonds. The van der Waals surface area contributed by atoms with Crippen molar-refractivity contribution in [3.05, 3.63) is 47.9 Å². The van der Waals surface area contributed by atoms with E-state index in [2.05, 4.69) is 9.97 Å². The minimum atomic E-state index is -0.461. The number of anilines is 1. The fourth-order valence-corrected chi connectivity index (χ4v) is 2.03. The third-order valence-electron chi connectivity index (χ3n) is 1.99. The van der Waals surface area contributed by atoms with E-state index < -0.39 is 11.6 Å². The number of thioether (sulfide) groups is 1. The first kappa shape index (κ1) is 11.8. The Labute approximate surface area is 101 Å². The Balaban J connectivity index is 2.07. The maximum absolute atomic E-state index is 13.3. The summed E-state index contributed by atoms with van der Waals surface area (Å²) in [5, 5.41) is 0. The number of nitrogens with two attached hydrogens (primary N) is 1. The van der Waals surface area contributed by atoms with E-state index >= 15 is 0 Å². The van der Waals surface area contributed by atoms with Crippen LogP contribution in [0.25, 0.3) is 0 Å². The Bertz CT molecular complexity index is 517. The van der Waals surface area contributed by atoms with Crippen LogP contribution in [0.4, 0.5) is 14.6 Å². The number of hydrogen-bond acceptors (Lipinski definition) is 4. The predicted octanol–water partition coefficient (Wildman–Crippen LogP) is 2.63. The van der Waals surface area contributed by atoms with Crippen molar-refractivity contribution in [1.29, 1.82) is 0 Å². The fourth-order valence-electron chi connectivity index (χ4n) is 1.18. The second kappa shape index (κ2) is 5.09. The lowest BCUT2D eigenvalue weighted by atomic mass is 10.3. The quantitative estimate of drug-likeness (QED) is 0.854. The first-order chi connectivity index (χ1) is 8.15. The summed E-state index contributed by atoms with van der Waals surface area (Å²) in [7, 11) is 0. The molecule has 17 heavy (non-hydrogen) atoms. The average Bonchev–Trinajstić information content (AvgIpc) is 2.32. The molecule has 0 aliphatic heterocycles. The van der Waals surface area contributed by atoms with E-state index in [9.17, 15) is 8.78 Å². The maximum Gasteiger partial charge on any atom is 0.141 e. The van der Waals surface area contributed by atoms with Gasteiger partial charge in [-0.05, 0) is 18.2 Å². The normalized spacial score (nSPS) is 10.5. The molecular formula is C11H9F2N3S. The molecule has 2 aromatic rings. The highest BCUT2D eigenvalue weighted by Gasteiger charge is 2.05. The summed E-state index contributed by atoms with van der Waals surface area (Å²) in [6.07, 6.45) is 2.94. The van der Waals surface area contributed by atoms with Crippen molar-refractivity contribution in [2.24, 2.45) is 0 Å². The Morgan fingerprint density at radius 2 is 2.00 bits per heavy atom. The minimum absolute atomic E-state index is 0.253. The van der Waals surface area contributed by atoms with Crippen LogP contribution in [0.2, 0.25) is 0 Å². The summed E-state index contributed by atoms with van der Waals surface area (Å²) in [6.45, 7) is 0. The van der Waals surface area contributed by atoms with Crippen LogP contribution in [-0.4, -0.2) is 9.97 Å². The summed E-state index contributed by atoms with van der Waals surface area (Å²) in [4.78, 5) is 8.14. The van der Waals surface area contributed by atoms with Crippen molar-refractivity contribution < 1.29 is 8.78 Å². The lowest BCUT2D eigenvalue weighted by Gasteiger charge is -2.03. The molecule has 0 saturated carbocycles. The van der Waals surface area contributed by atoms with Crippen LogP contribution in [0.15, 0.2) is 35.5 Å². The van der Waals surface area contributed by atoms with Crippen molar-refractivity contribution in [3.63, 3.8) is 0 Å². The highest BCUT2D eigenvalue weighted by molar-refractivity contribution is 7.98. The van der Waals surface area contributed by atoms with Gasteiger partial charge in [0, 0.05) is 10.6 Å². The lowest BCUT2D eigenvalue weighted by molar-refractivity contribution is 0.577. The molecule has 2 rings (SSSR count). The Morgan fingerprint density at radius 1 is 1.18 bits per heavy atom. The Hall–Kier alpha value is -1.69. The molecule has 1 aromatic heterocycles. The van der Waals surface area contributed by atoms with Gasteiger partial charge in [-0.15, -0.1) is 11.8 Å². The van der Waals surface area contributed by atoms with E-state index in [0.717, 1.165) is 30.0 Å². The molecule has 0 aliphatic rings. The third kappa shape index (κ3) is 3.13. The highest BCUT2D eigenvalue weighted by atomic mass is 32.2. The number of nitrogens with zero attached hydrogens (tertiary/aromatic N) is 2. The Morgan fingerprint density at radius 3 is 2.71 bits per heavy atom. The van der Waals surface area contributed by atoms with E-state index in [0.29, 0.717) is 17.3 Å². The molecule has 1 heterocycles. The van der Waals surface area contributed by atoms with Crippen LogP contribution in [-0.2, 0) is 5.75 Å². The van der Waals surface area contributed by atoms with Crippen molar-refractivity contribution in [1.82, 2.24) is 9.97 Å². The van der Waals surface area contributed by atoms with Gasteiger partial charge < -0.3 is 5.73 Å². The first-order valence-electron chi connectivity index (χ1n) is 4.79. The minimum Gasteiger partial charge on any atom is -0.382 e. The van der Waals surface area contributed by atoms with Gasteiger partial charge in [-0.1, -0.05) is 0 Å². The van der Waals surface area contributed by atoms with Gasteiger partial charge in [0.1, 0.15) is 17.5 Å². The van der Waals surface area contributed by atoms with Crippen LogP contribution < -0.4 is 5.73 Å². The van der Waals surface area contributed by atoms with Gasteiger partial charge in [0.05, 0.1) is 18.1 Å². The fraction of sp³-hybridized carbons (Fsp3) is 0.0909. The molecule has 0 unspecified atom stereocenters. The molecule has 6 heteroatoms. The van der Waals surface area contributed by atoms with Gasteiger partial charge in [-0.25, -0.2) is 13.8 Å². The van der Waals surface area contributed by atoms with E-state index in [1.54, 1.807) is 0 Å². The molecule has 88 valence electrons. The molecule has 0 bridgehead atoms. The van der Waals surface area contributed by atoms with Crippen LogP contribution >= 0.6 is 11.8 Å². The van der Waals surface area contributed by atoms with Crippen LogP contribution in [0.1, 0.15) is 5.69 Å². The SMILES string of the molecule is Nc1cnc(CSc2cc(F)ccc2F)cn1. The third-order valence-corrected chi connectivity index (χ3v) is 3.06. The van der Waals surface area contributed by atoms with Crippen LogP contribution in [0.5, 0.6) is 0 Å². The molecule has 0 saturated heterocycles. The van der Waals surface area contributed by atoms with Crippen molar-refractivity contribution in [3.8, 4) is 0 Å². The molecule has 0 aliphatic carbocycles. The number of hydrogen-bond donors (Lipinski definition) is 1. The summed E-state index contributed by atoms with van der Waals surface area (Å²) in [5.41, 5.74) is 6.05. The zero-order valence-electron chi connectivity index (χ0n) is 8.73. The smallest absolute Gasteiger partial charge is 0.141 e. The topological polar surface area (TPSA) is 51.8 Å². The summed E-state index contributed by atoms with van der Waals surface area (Å²) in [6, 6.07) is 3.35. The molecule has 1 aromatic carbocycles. The first-order valence-corrected chi connectivity index (χ1v) is 5.78. The molecule has 3 nitrogen and oxygen atoms in total. The number of rotatable bonds is 3. The van der Waals surface area contributed by atoms with Crippen molar-refractivity contribution in [2.45, 2.75) is 10.6 Å². The molecule has 2 N–H and O–H groups in total. The largest absolute Gasteiger partial charge is 0.382 e. The molecule has 0 radical (unpaired) electrons. The number of aromatic nitrogens is 2. The van der Waals surface area contributed by atoms with Gasteiger partial charge in [0.25, 0.3) is 0 Å². The zero-order valence-corrected chi connectivity index (χ0v) is 9.55. The number of nitrogen functional groups attached to an aromatic ring is 1. The van der Waals surface area contributed by atoms with Gasteiger partial charge >= 0.3 is 0 Å². The molecule has 0 fully saturated rings. The standard InChI is InChI=1S/C11H9F2N3S/c12-7-1-2-9(13)10(3-7)17-6-8-4-16-11(14)5-15-8/h1-5H,6H2,(H2,14,16). The van der Waals surface area contributed by atoms with E-state index in [1.165, 1.54) is 12.4 Å². The number of halogens is 2. The van der Waals surface area contributed by atoms with Crippen molar-refractivity contribution >= 4 is 17.6 Å². The molecular weight excluding hydrogens is 244 g/mol. The second-order valence-corrected chi connectivity index (χ2v) is 4.31. The van der Waals surface area contributed by atoms with E-state index in [1.807, 2.05) is 0 Å². The van der Waals surface area contributed by atoms with Crippen LogP contribution in [0.3, 0.4) is 0 Å². The summed E-state index contributed by atoms with van der Waals surface area (Å²) >= 11 is 1.16. The monoisotopic (exact) mass is 253 g/mol. The highest BCUT2D eigenvalue weighted by Crippen LogP contribution is 2.25. The van der Waals surface area contributed by atoms with Gasteiger partial charge in [-0.3, -0.25) is 4.98 Å². The Kier molecular flexibility index (Phi) is 3.53. The second-order valence-electron chi connectivity index (χ2n) is 3.30. The van der Waals surface area contributed by atoms with E-state index in [-0.39, 0.29) is 4.90 Å². The van der Waals surface area contributed by atoms with Crippen LogP contribution in [0, 0.1) is 11.6 Å². The van der Waals surface area contributed by atoms with Gasteiger partial charge in [-0.2, -0.15) is 0 Å². The van der Waals surface area contributed by atoms with E-state index in [4.69, 9.17) is 5.73 Å². The lowest BCUT2D eigenvalue weighted by Crippen LogP contribution is -1.94. The number of benzene rings is 1. The molecule has 0 spiro atoms. The predicted molar refractivity (Wildman–Crippen MR) is 62.4 cm³/mol. The summed E-state index contributed by atoms with van der Waals surface area (Å²) < 4.78 is 26.2. The van der Waals surface area contributed by atoms with Gasteiger partial charge in [0.15, 0.2) is 0 Å².